The average Bonchev–Trinajstić information content (AvgIpc) is 3.28. The van der Waals surface area contributed by atoms with Gasteiger partial charge in [-0.1, -0.05) is 0 Å². The van der Waals surface area contributed by atoms with Gasteiger partial charge in [0.15, 0.2) is 5.82 Å². The molecule has 8 nitrogen and oxygen atoms in total. The van der Waals surface area contributed by atoms with Crippen LogP contribution in [0.2, 0.25) is 0 Å². The topological polar surface area (TPSA) is 90.0 Å². The van der Waals surface area contributed by atoms with Crippen LogP contribution in [0, 0.1) is 5.41 Å². The number of rotatable bonds is 6. The zero-order chi connectivity index (χ0) is 20.7. The monoisotopic (exact) mass is 395 g/mol. The second-order valence-electron chi connectivity index (χ2n) is 7.94. The van der Waals surface area contributed by atoms with E-state index in [0.717, 1.165) is 31.0 Å². The molecule has 29 heavy (non-hydrogen) atoms. The van der Waals surface area contributed by atoms with Crippen molar-refractivity contribution >= 4 is 17.2 Å². The normalized spacial score (nSPS) is 16.7. The molecule has 3 heterocycles. The SMILES string of the molecule is CC(C)Oc1ccc(N)c(C(=N)c2cc(N3CCC(n4ccn4C)C3)nn2C)c1. The number of anilines is 2. The third-order valence-corrected chi connectivity index (χ3v) is 5.45. The molecule has 0 bridgehead atoms. The summed E-state index contributed by atoms with van der Waals surface area (Å²) in [6, 6.07) is 7.90. The fourth-order valence-corrected chi connectivity index (χ4v) is 3.90. The van der Waals surface area contributed by atoms with E-state index in [1.165, 1.54) is 0 Å². The Labute approximate surface area is 171 Å². The number of ether oxygens (including phenoxy) is 1. The summed E-state index contributed by atoms with van der Waals surface area (Å²) in [6.07, 6.45) is 5.32. The molecule has 1 aliphatic heterocycles. The van der Waals surface area contributed by atoms with Crippen LogP contribution in [0.25, 0.3) is 0 Å². The van der Waals surface area contributed by atoms with Crippen molar-refractivity contribution in [3.63, 3.8) is 0 Å². The lowest BCUT2D eigenvalue weighted by molar-refractivity contribution is 0.242. The van der Waals surface area contributed by atoms with Gasteiger partial charge in [-0.25, -0.2) is 0 Å². The smallest absolute Gasteiger partial charge is 0.151 e. The lowest BCUT2D eigenvalue weighted by Crippen LogP contribution is -2.26. The maximum atomic E-state index is 8.75. The summed E-state index contributed by atoms with van der Waals surface area (Å²) in [7, 11) is 3.93. The minimum atomic E-state index is 0.0624. The molecule has 1 aromatic carbocycles. The van der Waals surface area contributed by atoms with Gasteiger partial charge in [-0.05, 0) is 38.5 Å². The van der Waals surface area contributed by atoms with Crippen molar-refractivity contribution in [3.05, 3.63) is 47.9 Å². The first-order chi connectivity index (χ1) is 13.8. The van der Waals surface area contributed by atoms with E-state index in [-0.39, 0.29) is 6.10 Å². The minimum Gasteiger partial charge on any atom is -0.491 e. The van der Waals surface area contributed by atoms with Gasteiger partial charge < -0.3 is 15.4 Å². The van der Waals surface area contributed by atoms with Crippen LogP contribution < -0.4 is 15.4 Å². The van der Waals surface area contributed by atoms with Gasteiger partial charge >= 0.3 is 0 Å². The van der Waals surface area contributed by atoms with Gasteiger partial charge in [0.25, 0.3) is 0 Å². The van der Waals surface area contributed by atoms with E-state index in [4.69, 9.17) is 15.9 Å². The van der Waals surface area contributed by atoms with Crippen LogP contribution in [-0.4, -0.2) is 44.0 Å². The number of benzene rings is 1. The lowest BCUT2D eigenvalue weighted by Gasteiger charge is -2.23. The Kier molecular flexibility index (Phi) is 4.86. The fraction of sp³-hybridized carbons (Fsp3) is 0.429. The summed E-state index contributed by atoms with van der Waals surface area (Å²) in [5.41, 5.74) is 8.47. The van der Waals surface area contributed by atoms with Gasteiger partial charge in [-0.15, -0.1) is 0 Å². The lowest BCUT2D eigenvalue weighted by atomic mass is 10.0. The summed E-state index contributed by atoms with van der Waals surface area (Å²) < 4.78 is 11.9. The second-order valence-corrected chi connectivity index (χ2v) is 7.94. The first-order valence-electron chi connectivity index (χ1n) is 9.97. The van der Waals surface area contributed by atoms with E-state index in [2.05, 4.69) is 38.8 Å². The third kappa shape index (κ3) is 3.62. The summed E-state index contributed by atoms with van der Waals surface area (Å²) in [6.45, 7) is 5.82. The molecule has 2 aromatic heterocycles. The van der Waals surface area contributed by atoms with Crippen LogP contribution in [-0.2, 0) is 14.1 Å². The minimum absolute atomic E-state index is 0.0624. The van der Waals surface area contributed by atoms with Gasteiger partial charge in [0.2, 0.25) is 0 Å². The molecule has 1 fully saturated rings. The average molecular weight is 396 g/mol. The molecule has 3 aromatic rings. The van der Waals surface area contributed by atoms with Crippen LogP contribution in [0.1, 0.15) is 37.6 Å². The zero-order valence-corrected chi connectivity index (χ0v) is 17.5. The summed E-state index contributed by atoms with van der Waals surface area (Å²) >= 11 is 0. The highest BCUT2D eigenvalue weighted by atomic mass is 16.5. The maximum Gasteiger partial charge on any atom is 0.151 e. The number of nitrogen functional groups attached to an aromatic ring is 1. The van der Waals surface area contributed by atoms with Gasteiger partial charge in [0.05, 0.1) is 23.6 Å². The van der Waals surface area contributed by atoms with Gasteiger partial charge in [-0.3, -0.25) is 19.5 Å². The summed E-state index contributed by atoms with van der Waals surface area (Å²) in [4.78, 5) is 2.28. The molecule has 3 N–H and O–H groups in total. The van der Waals surface area contributed by atoms with Crippen molar-refractivity contribution in [1.82, 2.24) is 19.1 Å². The number of aryl methyl sites for hydroxylation is 2. The van der Waals surface area contributed by atoms with Crippen LogP contribution >= 0.6 is 0 Å². The quantitative estimate of drug-likeness (QED) is 0.496. The second kappa shape index (κ2) is 7.35. The standard InChI is InChI=1S/C21H29N7O/c1-14(2)29-16-5-6-18(22)17(11-16)21(23)19-12-20(24-26(19)4)27-8-7-15(13-27)28-10-9-25(28)3/h5-6,9-12,14-15,23H,7-8,13,22H2,1-4H3. The maximum absolute atomic E-state index is 8.75. The van der Waals surface area contributed by atoms with Crippen molar-refractivity contribution in [2.45, 2.75) is 32.4 Å². The number of nitrogens with one attached hydrogen (secondary N) is 1. The molecule has 0 radical (unpaired) electrons. The van der Waals surface area contributed by atoms with Crippen molar-refractivity contribution in [1.29, 1.82) is 5.41 Å². The highest BCUT2D eigenvalue weighted by Gasteiger charge is 2.27. The molecule has 0 saturated carbocycles. The van der Waals surface area contributed by atoms with Crippen molar-refractivity contribution in [3.8, 4) is 5.75 Å². The molecule has 1 aliphatic rings. The third-order valence-electron chi connectivity index (χ3n) is 5.45. The molecule has 0 spiro atoms. The van der Waals surface area contributed by atoms with Crippen LogP contribution in [0.3, 0.4) is 0 Å². The molecule has 8 heteroatoms. The fourth-order valence-electron chi connectivity index (χ4n) is 3.90. The molecule has 154 valence electrons. The van der Waals surface area contributed by atoms with Crippen LogP contribution in [0.5, 0.6) is 5.75 Å². The van der Waals surface area contributed by atoms with Gasteiger partial charge in [-0.2, -0.15) is 5.10 Å². The molecule has 4 rings (SSSR count). The molecule has 1 unspecified atom stereocenters. The molecule has 1 saturated heterocycles. The van der Waals surface area contributed by atoms with Gasteiger partial charge in [0, 0.05) is 56.9 Å². The number of hydrogen-bond acceptors (Lipinski definition) is 5. The molecule has 0 aliphatic carbocycles. The number of nitrogens with zero attached hydrogens (tertiary/aromatic N) is 5. The van der Waals surface area contributed by atoms with E-state index < -0.39 is 0 Å². The number of nitrogens with two attached hydrogens (primary N) is 1. The Balaban J connectivity index is 1.56. The van der Waals surface area contributed by atoms with Crippen molar-refractivity contribution < 1.29 is 4.74 Å². The molecule has 1 atom stereocenters. The Morgan fingerprint density at radius 1 is 1.24 bits per heavy atom. The number of hydrogen-bond donors (Lipinski definition) is 2. The van der Waals surface area contributed by atoms with Crippen molar-refractivity contribution in [2.75, 3.05) is 23.7 Å². The Bertz CT molecular complexity index is 1030. The van der Waals surface area contributed by atoms with E-state index >= 15 is 0 Å². The van der Waals surface area contributed by atoms with Crippen molar-refractivity contribution in [2.24, 2.45) is 14.1 Å². The van der Waals surface area contributed by atoms with E-state index in [9.17, 15) is 0 Å². The summed E-state index contributed by atoms with van der Waals surface area (Å²) in [5, 5.41) is 13.4. The van der Waals surface area contributed by atoms with E-state index in [0.29, 0.717) is 28.8 Å². The van der Waals surface area contributed by atoms with Crippen LogP contribution in [0.4, 0.5) is 11.5 Å². The largest absolute Gasteiger partial charge is 0.491 e. The predicted molar refractivity (Wildman–Crippen MR) is 115 cm³/mol. The van der Waals surface area contributed by atoms with E-state index in [1.807, 2.05) is 39.1 Å². The predicted octanol–water partition coefficient (Wildman–Crippen LogP) is 2.80. The first kappa shape index (κ1) is 19.2. The highest BCUT2D eigenvalue weighted by Crippen LogP contribution is 2.29. The summed E-state index contributed by atoms with van der Waals surface area (Å²) in [5.74, 6) is 1.61. The Hall–Kier alpha value is -3.16. The van der Waals surface area contributed by atoms with Gasteiger partial charge in [0.1, 0.15) is 5.75 Å². The first-order valence-corrected chi connectivity index (χ1v) is 9.97. The van der Waals surface area contributed by atoms with Crippen LogP contribution in [0.15, 0.2) is 36.7 Å². The van der Waals surface area contributed by atoms with E-state index in [1.54, 1.807) is 10.7 Å². The Morgan fingerprint density at radius 3 is 2.69 bits per heavy atom. The highest BCUT2D eigenvalue weighted by molar-refractivity contribution is 6.13. The molecular weight excluding hydrogens is 366 g/mol. The number of aromatic nitrogens is 4. The zero-order valence-electron chi connectivity index (χ0n) is 17.5. The molecule has 0 amide bonds. The Morgan fingerprint density at radius 2 is 2.03 bits per heavy atom. The molecular formula is C21H29N7O.